The SMILES string of the molecule is CC(C)(C)C(=O)Nc1c(F)c(NC(=O)C(C)(C)C)c(NC(=O)C(C)(C)C)c(NC(=O)C(C)(C)C)c1NC(=O)C(C)(C)C. The number of hydrogen-bond acceptors (Lipinski definition) is 5. The van der Waals surface area contributed by atoms with Crippen LogP contribution in [0.2, 0.25) is 0 Å². The van der Waals surface area contributed by atoms with Gasteiger partial charge in [0.2, 0.25) is 29.5 Å². The summed E-state index contributed by atoms with van der Waals surface area (Å²) in [7, 11) is 0. The van der Waals surface area contributed by atoms with Gasteiger partial charge in [-0.2, -0.15) is 0 Å². The van der Waals surface area contributed by atoms with Gasteiger partial charge in [-0.1, -0.05) is 104 Å². The Kier molecular flexibility index (Phi) is 10.4. The molecular weight excluding hydrogens is 541 g/mol. The molecule has 1 aromatic rings. The Hall–Kier alpha value is -3.50. The van der Waals surface area contributed by atoms with Gasteiger partial charge in [0.05, 0.1) is 17.1 Å². The largest absolute Gasteiger partial charge is 0.322 e. The van der Waals surface area contributed by atoms with Crippen LogP contribution in [-0.4, -0.2) is 29.5 Å². The fourth-order valence-corrected chi connectivity index (χ4v) is 2.83. The summed E-state index contributed by atoms with van der Waals surface area (Å²) in [5.74, 6) is -3.96. The van der Waals surface area contributed by atoms with Gasteiger partial charge >= 0.3 is 0 Å². The van der Waals surface area contributed by atoms with E-state index in [0.717, 1.165) is 0 Å². The highest BCUT2D eigenvalue weighted by Gasteiger charge is 2.36. The standard InChI is InChI=1S/C31H50FN5O5/c1-27(2,3)22(38)33-17-16(32)18(34-23(39)28(4,5)6)20(36-25(41)30(10,11)12)21(37-26(42)31(13,14)15)19(17)35-24(40)29(7,8)9/h1-15H3,(H,33,38)(H,34,39)(H,35,40)(H,36,41)(H,37,42). The minimum Gasteiger partial charge on any atom is -0.322 e. The molecule has 0 heterocycles. The zero-order valence-electron chi connectivity index (χ0n) is 27.9. The van der Waals surface area contributed by atoms with Crippen LogP contribution in [0.5, 0.6) is 0 Å². The lowest BCUT2D eigenvalue weighted by molar-refractivity contribution is -0.124. The number of nitrogens with one attached hydrogen (secondary N) is 5. The molecule has 0 spiro atoms. The highest BCUT2D eigenvalue weighted by atomic mass is 19.1. The average molecular weight is 592 g/mol. The molecule has 0 aromatic heterocycles. The molecule has 0 aliphatic carbocycles. The molecule has 5 N–H and O–H groups in total. The molecule has 11 heteroatoms. The van der Waals surface area contributed by atoms with E-state index in [1.807, 2.05) is 0 Å². The Balaban J connectivity index is 4.43. The third-order valence-corrected chi connectivity index (χ3v) is 6.04. The summed E-state index contributed by atoms with van der Waals surface area (Å²) in [6, 6.07) is 0. The molecule has 0 aliphatic rings. The molecule has 42 heavy (non-hydrogen) atoms. The lowest BCUT2D eigenvalue weighted by atomic mass is 9.92. The zero-order valence-corrected chi connectivity index (χ0v) is 27.9. The topological polar surface area (TPSA) is 146 Å². The van der Waals surface area contributed by atoms with Crippen molar-refractivity contribution in [1.82, 2.24) is 0 Å². The summed E-state index contributed by atoms with van der Waals surface area (Å²) in [5.41, 5.74) is -6.58. The van der Waals surface area contributed by atoms with Crippen LogP contribution in [0.4, 0.5) is 32.8 Å². The summed E-state index contributed by atoms with van der Waals surface area (Å²) >= 11 is 0. The molecule has 0 aliphatic heterocycles. The van der Waals surface area contributed by atoms with Crippen LogP contribution in [0, 0.1) is 32.9 Å². The Morgan fingerprint density at radius 1 is 0.357 bits per heavy atom. The highest BCUT2D eigenvalue weighted by molar-refractivity contribution is 6.17. The van der Waals surface area contributed by atoms with E-state index in [-0.39, 0.29) is 17.1 Å². The maximum atomic E-state index is 16.7. The summed E-state index contributed by atoms with van der Waals surface area (Å²) in [6.07, 6.45) is 0. The third kappa shape index (κ3) is 9.25. The molecule has 0 radical (unpaired) electrons. The predicted octanol–water partition coefficient (Wildman–Crippen LogP) is 6.75. The number of carbonyl (C=O) groups is 5. The smallest absolute Gasteiger partial charge is 0.229 e. The van der Waals surface area contributed by atoms with Crippen molar-refractivity contribution in [3.8, 4) is 0 Å². The van der Waals surface area contributed by atoms with Crippen molar-refractivity contribution >= 4 is 58.0 Å². The van der Waals surface area contributed by atoms with Gasteiger partial charge in [-0.15, -0.1) is 0 Å². The number of benzene rings is 1. The first kappa shape index (κ1) is 36.5. The monoisotopic (exact) mass is 591 g/mol. The van der Waals surface area contributed by atoms with Crippen LogP contribution in [0.1, 0.15) is 104 Å². The first-order chi connectivity index (χ1) is 18.5. The van der Waals surface area contributed by atoms with E-state index in [1.165, 1.54) is 0 Å². The fourth-order valence-electron chi connectivity index (χ4n) is 2.83. The summed E-state index contributed by atoms with van der Waals surface area (Å²) in [5, 5.41) is 13.2. The summed E-state index contributed by atoms with van der Waals surface area (Å²) in [6.45, 7) is 24.5. The van der Waals surface area contributed by atoms with Gasteiger partial charge in [-0.3, -0.25) is 24.0 Å². The molecule has 0 unspecified atom stereocenters. The summed E-state index contributed by atoms with van der Waals surface area (Å²) in [4.78, 5) is 66.3. The molecular formula is C31H50FN5O5. The second-order valence-electron chi connectivity index (χ2n) is 15.7. The second-order valence-corrected chi connectivity index (χ2v) is 15.7. The molecule has 236 valence electrons. The molecule has 0 bridgehead atoms. The number of rotatable bonds is 5. The number of anilines is 5. The zero-order chi connectivity index (χ0) is 33.4. The molecule has 0 fully saturated rings. The van der Waals surface area contributed by atoms with E-state index < -0.39 is 73.8 Å². The average Bonchev–Trinajstić information content (AvgIpc) is 2.77. The predicted molar refractivity (Wildman–Crippen MR) is 167 cm³/mol. The van der Waals surface area contributed by atoms with Crippen LogP contribution < -0.4 is 26.6 Å². The summed E-state index contributed by atoms with van der Waals surface area (Å²) < 4.78 is 16.7. The third-order valence-electron chi connectivity index (χ3n) is 6.04. The first-order valence-electron chi connectivity index (χ1n) is 14.0. The maximum Gasteiger partial charge on any atom is 0.229 e. The Morgan fingerprint density at radius 2 is 0.500 bits per heavy atom. The van der Waals surface area contributed by atoms with Crippen LogP contribution in [0.25, 0.3) is 0 Å². The number of carbonyl (C=O) groups excluding carboxylic acids is 5. The second kappa shape index (κ2) is 12.0. The van der Waals surface area contributed by atoms with Gasteiger partial charge in [0.1, 0.15) is 11.4 Å². The van der Waals surface area contributed by atoms with E-state index in [1.54, 1.807) is 104 Å². The van der Waals surface area contributed by atoms with E-state index in [2.05, 4.69) is 26.6 Å². The van der Waals surface area contributed by atoms with Crippen molar-refractivity contribution in [2.75, 3.05) is 26.6 Å². The lowest BCUT2D eigenvalue weighted by Crippen LogP contribution is -2.35. The van der Waals surface area contributed by atoms with E-state index >= 15 is 4.39 Å². The molecule has 0 saturated carbocycles. The number of amides is 5. The molecule has 1 rings (SSSR count). The Bertz CT molecular complexity index is 1190. The highest BCUT2D eigenvalue weighted by Crippen LogP contribution is 2.48. The van der Waals surface area contributed by atoms with E-state index in [4.69, 9.17) is 0 Å². The minimum absolute atomic E-state index is 0.194. The minimum atomic E-state index is -1.12. The first-order valence-corrected chi connectivity index (χ1v) is 14.0. The van der Waals surface area contributed by atoms with Crippen LogP contribution in [0.15, 0.2) is 0 Å². The van der Waals surface area contributed by atoms with Crippen LogP contribution in [-0.2, 0) is 24.0 Å². The van der Waals surface area contributed by atoms with E-state index in [9.17, 15) is 24.0 Å². The normalized spacial score (nSPS) is 12.8. The van der Waals surface area contributed by atoms with Crippen molar-refractivity contribution in [3.63, 3.8) is 0 Å². The van der Waals surface area contributed by atoms with Gasteiger partial charge in [0.15, 0.2) is 5.82 Å². The molecule has 1 aromatic carbocycles. The van der Waals surface area contributed by atoms with E-state index in [0.29, 0.717) is 0 Å². The quantitative estimate of drug-likeness (QED) is 0.257. The van der Waals surface area contributed by atoms with Crippen LogP contribution >= 0.6 is 0 Å². The van der Waals surface area contributed by atoms with Crippen molar-refractivity contribution in [1.29, 1.82) is 0 Å². The Morgan fingerprint density at radius 3 is 0.667 bits per heavy atom. The molecule has 0 saturated heterocycles. The van der Waals surface area contributed by atoms with Gasteiger partial charge in [0, 0.05) is 27.1 Å². The van der Waals surface area contributed by atoms with Gasteiger partial charge < -0.3 is 26.6 Å². The molecule has 0 atom stereocenters. The van der Waals surface area contributed by atoms with Crippen molar-refractivity contribution in [2.24, 2.45) is 27.1 Å². The van der Waals surface area contributed by atoms with Gasteiger partial charge in [0.25, 0.3) is 0 Å². The fraction of sp³-hybridized carbons (Fsp3) is 0.645. The molecule has 10 nitrogen and oxygen atoms in total. The van der Waals surface area contributed by atoms with Gasteiger partial charge in [-0.05, 0) is 0 Å². The van der Waals surface area contributed by atoms with Crippen molar-refractivity contribution < 1.29 is 28.4 Å². The van der Waals surface area contributed by atoms with Crippen molar-refractivity contribution in [3.05, 3.63) is 5.82 Å². The van der Waals surface area contributed by atoms with Crippen molar-refractivity contribution in [2.45, 2.75) is 104 Å². The molecule has 5 amide bonds. The van der Waals surface area contributed by atoms with Crippen LogP contribution in [0.3, 0.4) is 0 Å². The Labute approximate surface area is 249 Å². The van der Waals surface area contributed by atoms with Gasteiger partial charge in [-0.25, -0.2) is 4.39 Å². The maximum absolute atomic E-state index is 16.7. The lowest BCUT2D eigenvalue weighted by Gasteiger charge is -2.30. The number of halogens is 1. The number of hydrogen-bond donors (Lipinski definition) is 5.